The Labute approximate surface area is 202 Å². The fourth-order valence-corrected chi connectivity index (χ4v) is 5.77. The lowest BCUT2D eigenvalue weighted by molar-refractivity contribution is -0.133. The first-order chi connectivity index (χ1) is 17.0. The molecule has 3 aliphatic rings. The summed E-state index contributed by atoms with van der Waals surface area (Å²) in [6.07, 6.45) is 3.50. The van der Waals surface area contributed by atoms with Gasteiger partial charge in [0.05, 0.1) is 23.1 Å². The third kappa shape index (κ3) is 3.83. The zero-order chi connectivity index (χ0) is 24.1. The molecule has 2 amide bonds. The van der Waals surface area contributed by atoms with Crippen LogP contribution in [0.25, 0.3) is 11.0 Å². The first-order valence-electron chi connectivity index (χ1n) is 12.2. The number of aromatic nitrogens is 2. The molecule has 178 valence electrons. The number of nitrogens with zero attached hydrogens (tertiary/aromatic N) is 3. The molecule has 2 aromatic carbocycles. The summed E-state index contributed by atoms with van der Waals surface area (Å²) in [6, 6.07) is 12.8. The molecule has 0 radical (unpaired) electrons. The molecular formula is C27H26N4O4. The topological polar surface area (TPSA) is 103 Å². The Morgan fingerprint density at radius 3 is 2.63 bits per heavy atom. The number of aromatic amines is 1. The molecule has 2 atom stereocenters. The number of Topliss-reactive ketones (excluding diaryl/α,β-unsaturated/α-hetero) is 1. The van der Waals surface area contributed by atoms with Crippen LogP contribution >= 0.6 is 0 Å². The average Bonchev–Trinajstić information content (AvgIpc) is 3.48. The molecule has 2 aliphatic heterocycles. The second-order valence-corrected chi connectivity index (χ2v) is 9.73. The molecule has 1 aromatic heterocycles. The smallest absolute Gasteiger partial charge is 0.270 e. The lowest BCUT2D eigenvalue weighted by Gasteiger charge is -2.34. The number of carbonyl (C=O) groups excluding carboxylic acids is 3. The van der Waals surface area contributed by atoms with E-state index in [1.807, 2.05) is 34.1 Å². The second-order valence-electron chi connectivity index (χ2n) is 9.73. The van der Waals surface area contributed by atoms with Crippen LogP contribution in [-0.4, -0.2) is 62.5 Å². The summed E-state index contributed by atoms with van der Waals surface area (Å²) in [7, 11) is 0. The summed E-state index contributed by atoms with van der Waals surface area (Å²) in [5.74, 6) is 0.115. The lowest BCUT2D eigenvalue weighted by Crippen LogP contribution is -2.50. The molecule has 3 heterocycles. The van der Waals surface area contributed by atoms with E-state index in [1.54, 1.807) is 18.2 Å². The van der Waals surface area contributed by atoms with Crippen molar-refractivity contribution in [1.82, 2.24) is 19.8 Å². The number of rotatable bonds is 4. The standard InChI is InChI=1S/C27H26N4O4/c32-24-7-3-4-16-12-17(8-9-20(16)24)27(35)31-15-18-13-19(31)14-30(18)25(33)11-10-23-26(34)29-22-6-2-1-5-21(22)28-23/h1-2,5-6,8-9,12,18-19H,3-4,7,10-11,13-15H2,(H,29,34)/t18-,19-/m0/s1. The van der Waals surface area contributed by atoms with E-state index >= 15 is 0 Å². The fraction of sp³-hybridized carbons (Fsp3) is 0.370. The molecule has 6 rings (SSSR count). The summed E-state index contributed by atoms with van der Waals surface area (Å²) >= 11 is 0. The van der Waals surface area contributed by atoms with Crippen molar-refractivity contribution in [3.05, 3.63) is 75.2 Å². The Morgan fingerprint density at radius 1 is 1.00 bits per heavy atom. The van der Waals surface area contributed by atoms with E-state index in [1.165, 1.54) is 0 Å². The molecule has 1 aliphatic carbocycles. The summed E-state index contributed by atoms with van der Waals surface area (Å²) in [5.41, 5.74) is 3.81. The minimum atomic E-state index is -0.261. The molecule has 35 heavy (non-hydrogen) atoms. The quantitative estimate of drug-likeness (QED) is 0.631. The molecule has 3 aromatic rings. The van der Waals surface area contributed by atoms with Gasteiger partial charge < -0.3 is 14.8 Å². The van der Waals surface area contributed by atoms with Crippen molar-refractivity contribution in [3.63, 3.8) is 0 Å². The van der Waals surface area contributed by atoms with Crippen LogP contribution in [0.5, 0.6) is 0 Å². The molecule has 0 spiro atoms. The minimum absolute atomic E-state index is 0.00139. The lowest BCUT2D eigenvalue weighted by atomic mass is 9.89. The Balaban J connectivity index is 1.10. The van der Waals surface area contributed by atoms with E-state index in [4.69, 9.17) is 0 Å². The molecule has 8 heteroatoms. The molecular weight excluding hydrogens is 444 g/mol. The van der Waals surface area contributed by atoms with Crippen molar-refractivity contribution in [1.29, 1.82) is 0 Å². The van der Waals surface area contributed by atoms with Crippen LogP contribution in [0.3, 0.4) is 0 Å². The maximum Gasteiger partial charge on any atom is 0.270 e. The zero-order valence-corrected chi connectivity index (χ0v) is 19.3. The van der Waals surface area contributed by atoms with Crippen LogP contribution in [-0.2, 0) is 17.6 Å². The van der Waals surface area contributed by atoms with Gasteiger partial charge in [0.15, 0.2) is 5.78 Å². The number of aryl methyl sites for hydroxylation is 2. The average molecular weight is 471 g/mol. The van der Waals surface area contributed by atoms with E-state index in [-0.39, 0.29) is 48.1 Å². The van der Waals surface area contributed by atoms with Gasteiger partial charge in [-0.25, -0.2) is 4.98 Å². The van der Waals surface area contributed by atoms with Gasteiger partial charge in [0.25, 0.3) is 11.5 Å². The van der Waals surface area contributed by atoms with Gasteiger partial charge in [0.2, 0.25) is 5.91 Å². The number of para-hydroxylation sites is 2. The van der Waals surface area contributed by atoms with Gasteiger partial charge in [-0.05, 0) is 49.1 Å². The number of carbonyl (C=O) groups is 3. The van der Waals surface area contributed by atoms with Crippen molar-refractivity contribution in [2.24, 2.45) is 0 Å². The second kappa shape index (κ2) is 8.45. The van der Waals surface area contributed by atoms with Crippen LogP contribution in [0.15, 0.2) is 47.3 Å². The third-order valence-electron chi connectivity index (χ3n) is 7.57. The number of H-pyrrole nitrogens is 1. The van der Waals surface area contributed by atoms with Crippen LogP contribution in [0, 0.1) is 0 Å². The number of fused-ring (bicyclic) bond motifs is 4. The number of piperazine rings is 1. The predicted octanol–water partition coefficient (Wildman–Crippen LogP) is 2.50. The van der Waals surface area contributed by atoms with Crippen molar-refractivity contribution >= 4 is 28.6 Å². The van der Waals surface area contributed by atoms with E-state index in [2.05, 4.69) is 9.97 Å². The zero-order valence-electron chi connectivity index (χ0n) is 19.3. The largest absolute Gasteiger partial charge is 0.336 e. The van der Waals surface area contributed by atoms with E-state index in [9.17, 15) is 19.2 Å². The van der Waals surface area contributed by atoms with Crippen molar-refractivity contribution in [3.8, 4) is 0 Å². The molecule has 2 saturated heterocycles. The molecule has 0 unspecified atom stereocenters. The number of likely N-dealkylation sites (tertiary alicyclic amines) is 2. The molecule has 2 fully saturated rings. The summed E-state index contributed by atoms with van der Waals surface area (Å²) in [5, 5.41) is 0. The van der Waals surface area contributed by atoms with Crippen LogP contribution in [0.4, 0.5) is 0 Å². The van der Waals surface area contributed by atoms with Gasteiger partial charge in [-0.2, -0.15) is 0 Å². The van der Waals surface area contributed by atoms with Gasteiger partial charge in [-0.1, -0.05) is 18.2 Å². The maximum atomic E-state index is 13.2. The molecule has 1 N–H and O–H groups in total. The van der Waals surface area contributed by atoms with Crippen LogP contribution in [0.1, 0.15) is 57.7 Å². The summed E-state index contributed by atoms with van der Waals surface area (Å²) < 4.78 is 0. The van der Waals surface area contributed by atoms with E-state index < -0.39 is 0 Å². The highest BCUT2D eigenvalue weighted by Crippen LogP contribution is 2.33. The van der Waals surface area contributed by atoms with Gasteiger partial charge in [0, 0.05) is 43.5 Å². The number of hydrogen-bond donors (Lipinski definition) is 1. The Morgan fingerprint density at radius 2 is 1.80 bits per heavy atom. The van der Waals surface area contributed by atoms with Gasteiger partial charge in [0.1, 0.15) is 5.69 Å². The Hall–Kier alpha value is -3.81. The Bertz CT molecular complexity index is 1430. The fourth-order valence-electron chi connectivity index (χ4n) is 5.77. The first kappa shape index (κ1) is 21.7. The number of ketones is 1. The third-order valence-corrected chi connectivity index (χ3v) is 7.57. The van der Waals surface area contributed by atoms with E-state index in [0.29, 0.717) is 41.8 Å². The minimum Gasteiger partial charge on any atom is -0.336 e. The van der Waals surface area contributed by atoms with Crippen molar-refractivity contribution in [2.45, 2.75) is 50.6 Å². The van der Waals surface area contributed by atoms with Gasteiger partial charge in [-0.3, -0.25) is 19.2 Å². The molecule has 8 nitrogen and oxygen atoms in total. The summed E-state index contributed by atoms with van der Waals surface area (Å²) in [6.45, 7) is 1.03. The highest BCUT2D eigenvalue weighted by molar-refractivity contribution is 6.01. The number of nitrogens with one attached hydrogen (secondary N) is 1. The summed E-state index contributed by atoms with van der Waals surface area (Å²) in [4.78, 5) is 61.6. The predicted molar refractivity (Wildman–Crippen MR) is 129 cm³/mol. The SMILES string of the molecule is O=C1CCCc2cc(C(=O)N3C[C@@H]4C[C@H]3CN4C(=O)CCc3nc4ccccc4[nH]c3=O)ccc21. The monoisotopic (exact) mass is 470 g/mol. The van der Waals surface area contributed by atoms with E-state index in [0.717, 1.165) is 30.4 Å². The van der Waals surface area contributed by atoms with Crippen LogP contribution < -0.4 is 5.56 Å². The van der Waals surface area contributed by atoms with Crippen molar-refractivity contribution < 1.29 is 14.4 Å². The molecule has 0 saturated carbocycles. The maximum absolute atomic E-state index is 13.2. The highest BCUT2D eigenvalue weighted by atomic mass is 16.2. The van der Waals surface area contributed by atoms with Crippen LogP contribution in [0.2, 0.25) is 0 Å². The molecule has 2 bridgehead atoms. The van der Waals surface area contributed by atoms with Gasteiger partial charge in [-0.15, -0.1) is 0 Å². The normalized spacial score (nSPS) is 21.0. The highest BCUT2D eigenvalue weighted by Gasteiger charge is 2.47. The number of hydrogen-bond acceptors (Lipinski definition) is 5. The van der Waals surface area contributed by atoms with Gasteiger partial charge >= 0.3 is 0 Å². The van der Waals surface area contributed by atoms with Crippen molar-refractivity contribution in [2.75, 3.05) is 13.1 Å². The first-order valence-corrected chi connectivity index (χ1v) is 12.2. The number of amides is 2. The Kier molecular flexibility index (Phi) is 5.24. The number of benzene rings is 2.